The number of pyridine rings is 1. The predicted octanol–water partition coefficient (Wildman–Crippen LogP) is 2.95. The van der Waals surface area contributed by atoms with Crippen LogP contribution in [0.1, 0.15) is 36.0 Å². The van der Waals surface area contributed by atoms with Gasteiger partial charge in [-0.15, -0.1) is 0 Å². The summed E-state index contributed by atoms with van der Waals surface area (Å²) < 4.78 is 4.72. The first-order valence-corrected chi connectivity index (χ1v) is 7.85. The maximum atomic E-state index is 11.5. The largest absolute Gasteiger partial charge is 0.465 e. The standard InChI is InChI=1S/C14H20N2O2S/c1-18-14(17)10-6-7-15-13(8-10)16-11-4-3-5-12(9-11)19-2/h6-8,11-12H,3-5,9H2,1-2H3,(H,15,16). The van der Waals surface area contributed by atoms with Crippen molar-refractivity contribution in [1.29, 1.82) is 0 Å². The summed E-state index contributed by atoms with van der Waals surface area (Å²) in [5.74, 6) is 0.436. The molecular formula is C14H20N2O2S. The number of hydrogen-bond acceptors (Lipinski definition) is 5. The van der Waals surface area contributed by atoms with Crippen molar-refractivity contribution in [3.05, 3.63) is 23.9 Å². The highest BCUT2D eigenvalue weighted by atomic mass is 32.2. The second-order valence-electron chi connectivity index (χ2n) is 4.79. The third-order valence-electron chi connectivity index (χ3n) is 3.49. The first-order chi connectivity index (χ1) is 9.22. The maximum Gasteiger partial charge on any atom is 0.338 e. The van der Waals surface area contributed by atoms with Gasteiger partial charge in [0.2, 0.25) is 0 Å². The van der Waals surface area contributed by atoms with Crippen LogP contribution >= 0.6 is 11.8 Å². The molecule has 2 unspecified atom stereocenters. The normalized spacial score (nSPS) is 22.8. The Morgan fingerprint density at radius 2 is 2.37 bits per heavy atom. The molecule has 1 saturated carbocycles. The van der Waals surface area contributed by atoms with Gasteiger partial charge in [0.1, 0.15) is 5.82 Å². The van der Waals surface area contributed by atoms with E-state index in [9.17, 15) is 4.79 Å². The average molecular weight is 280 g/mol. The fourth-order valence-electron chi connectivity index (χ4n) is 2.45. The number of nitrogens with one attached hydrogen (secondary N) is 1. The minimum absolute atomic E-state index is 0.323. The van der Waals surface area contributed by atoms with Gasteiger partial charge in [-0.2, -0.15) is 11.8 Å². The van der Waals surface area contributed by atoms with Crippen LogP contribution in [0.2, 0.25) is 0 Å². The molecule has 1 heterocycles. The molecule has 0 spiro atoms. The van der Waals surface area contributed by atoms with Gasteiger partial charge in [-0.05, 0) is 37.7 Å². The van der Waals surface area contributed by atoms with Gasteiger partial charge in [0.05, 0.1) is 12.7 Å². The number of nitrogens with zero attached hydrogens (tertiary/aromatic N) is 1. The number of anilines is 1. The van der Waals surface area contributed by atoms with Crippen LogP contribution in [0.15, 0.2) is 18.3 Å². The van der Waals surface area contributed by atoms with Crippen molar-refractivity contribution in [3.63, 3.8) is 0 Å². The van der Waals surface area contributed by atoms with Crippen LogP contribution in [0.5, 0.6) is 0 Å². The summed E-state index contributed by atoms with van der Waals surface area (Å²) in [7, 11) is 1.39. The molecular weight excluding hydrogens is 260 g/mol. The van der Waals surface area contributed by atoms with E-state index >= 15 is 0 Å². The first-order valence-electron chi connectivity index (χ1n) is 6.56. The Morgan fingerprint density at radius 1 is 1.53 bits per heavy atom. The molecule has 5 heteroatoms. The molecule has 104 valence electrons. The monoisotopic (exact) mass is 280 g/mol. The highest BCUT2D eigenvalue weighted by Crippen LogP contribution is 2.28. The van der Waals surface area contributed by atoms with Gasteiger partial charge in [-0.25, -0.2) is 9.78 Å². The quantitative estimate of drug-likeness (QED) is 0.859. The number of aromatic nitrogens is 1. The predicted molar refractivity (Wildman–Crippen MR) is 78.8 cm³/mol. The van der Waals surface area contributed by atoms with Gasteiger partial charge in [-0.1, -0.05) is 6.42 Å². The Hall–Kier alpha value is -1.23. The van der Waals surface area contributed by atoms with Gasteiger partial charge in [-0.3, -0.25) is 0 Å². The summed E-state index contributed by atoms with van der Waals surface area (Å²) in [6, 6.07) is 3.88. The van der Waals surface area contributed by atoms with Crippen LogP contribution in [0.25, 0.3) is 0 Å². The molecule has 0 amide bonds. The van der Waals surface area contributed by atoms with Crippen molar-refractivity contribution in [2.45, 2.75) is 37.0 Å². The zero-order valence-corrected chi connectivity index (χ0v) is 12.2. The summed E-state index contributed by atoms with van der Waals surface area (Å²) in [5, 5.41) is 4.16. The van der Waals surface area contributed by atoms with E-state index in [-0.39, 0.29) is 5.97 Å². The lowest BCUT2D eigenvalue weighted by Gasteiger charge is -2.29. The molecule has 1 aliphatic rings. The summed E-state index contributed by atoms with van der Waals surface area (Å²) in [6.07, 6.45) is 8.69. The number of thioether (sulfide) groups is 1. The summed E-state index contributed by atoms with van der Waals surface area (Å²) >= 11 is 1.94. The summed E-state index contributed by atoms with van der Waals surface area (Å²) in [4.78, 5) is 15.8. The van der Waals surface area contributed by atoms with Crippen molar-refractivity contribution in [3.8, 4) is 0 Å². The van der Waals surface area contributed by atoms with Crippen LogP contribution in [0.3, 0.4) is 0 Å². The van der Waals surface area contributed by atoms with Gasteiger partial charge >= 0.3 is 5.97 Å². The third kappa shape index (κ3) is 3.86. The number of esters is 1. The Bertz CT molecular complexity index is 439. The van der Waals surface area contributed by atoms with Crippen LogP contribution in [0, 0.1) is 0 Å². The highest BCUT2D eigenvalue weighted by molar-refractivity contribution is 7.99. The van der Waals surface area contributed by atoms with E-state index in [0.717, 1.165) is 17.5 Å². The molecule has 19 heavy (non-hydrogen) atoms. The Balaban J connectivity index is 2.00. The molecule has 0 bridgehead atoms. The second kappa shape index (κ2) is 6.80. The van der Waals surface area contributed by atoms with Gasteiger partial charge in [0.25, 0.3) is 0 Å². The molecule has 1 aromatic rings. The van der Waals surface area contributed by atoms with Crippen LogP contribution in [-0.2, 0) is 4.74 Å². The van der Waals surface area contributed by atoms with E-state index in [0.29, 0.717) is 11.6 Å². The van der Waals surface area contributed by atoms with Crippen LogP contribution in [0.4, 0.5) is 5.82 Å². The molecule has 0 aromatic carbocycles. The SMILES string of the molecule is COC(=O)c1ccnc(NC2CCCC(SC)C2)c1. The van der Waals surface area contributed by atoms with Gasteiger partial charge in [0.15, 0.2) is 0 Å². The lowest BCUT2D eigenvalue weighted by molar-refractivity contribution is 0.0600. The number of rotatable bonds is 4. The van der Waals surface area contributed by atoms with Gasteiger partial charge < -0.3 is 10.1 Å². The molecule has 1 aliphatic carbocycles. The first kappa shape index (κ1) is 14.2. The van der Waals surface area contributed by atoms with E-state index in [2.05, 4.69) is 16.6 Å². The average Bonchev–Trinajstić information content (AvgIpc) is 2.47. The Kier molecular flexibility index (Phi) is 5.07. The molecule has 1 aromatic heterocycles. The number of hydrogen-bond donors (Lipinski definition) is 1. The fourth-order valence-corrected chi connectivity index (χ4v) is 3.28. The molecule has 0 radical (unpaired) electrons. The van der Waals surface area contributed by atoms with E-state index in [1.807, 2.05) is 11.8 Å². The van der Waals surface area contributed by atoms with Crippen molar-refractivity contribution in [2.75, 3.05) is 18.7 Å². The number of methoxy groups -OCH3 is 1. The smallest absolute Gasteiger partial charge is 0.338 e. The molecule has 1 fully saturated rings. The minimum atomic E-state index is -0.323. The zero-order valence-electron chi connectivity index (χ0n) is 11.4. The van der Waals surface area contributed by atoms with Crippen molar-refractivity contribution in [2.24, 2.45) is 0 Å². The lowest BCUT2D eigenvalue weighted by Crippen LogP contribution is -2.28. The van der Waals surface area contributed by atoms with E-state index in [4.69, 9.17) is 4.74 Å². The highest BCUT2D eigenvalue weighted by Gasteiger charge is 2.21. The molecule has 2 atom stereocenters. The minimum Gasteiger partial charge on any atom is -0.465 e. The second-order valence-corrected chi connectivity index (χ2v) is 5.92. The fraction of sp³-hybridized carbons (Fsp3) is 0.571. The molecule has 0 aliphatic heterocycles. The van der Waals surface area contributed by atoms with Gasteiger partial charge in [0, 0.05) is 17.5 Å². The van der Waals surface area contributed by atoms with E-state index in [1.54, 1.807) is 18.3 Å². The summed E-state index contributed by atoms with van der Waals surface area (Å²) in [6.45, 7) is 0. The van der Waals surface area contributed by atoms with E-state index < -0.39 is 0 Å². The van der Waals surface area contributed by atoms with Crippen molar-refractivity contribution >= 4 is 23.5 Å². The lowest BCUT2D eigenvalue weighted by atomic mass is 9.95. The maximum absolute atomic E-state index is 11.5. The number of carbonyl (C=O) groups is 1. The van der Waals surface area contributed by atoms with Crippen LogP contribution < -0.4 is 5.32 Å². The topological polar surface area (TPSA) is 51.2 Å². The Labute approximate surface area is 118 Å². The zero-order chi connectivity index (χ0) is 13.7. The number of carbonyl (C=O) groups excluding carboxylic acids is 1. The molecule has 0 saturated heterocycles. The Morgan fingerprint density at radius 3 is 3.11 bits per heavy atom. The van der Waals surface area contributed by atoms with Crippen molar-refractivity contribution < 1.29 is 9.53 Å². The number of ether oxygens (including phenoxy) is 1. The summed E-state index contributed by atoms with van der Waals surface area (Å²) in [5.41, 5.74) is 0.539. The van der Waals surface area contributed by atoms with Crippen LogP contribution in [-0.4, -0.2) is 35.6 Å². The third-order valence-corrected chi connectivity index (χ3v) is 4.59. The van der Waals surface area contributed by atoms with Crippen molar-refractivity contribution in [1.82, 2.24) is 4.98 Å². The molecule has 1 N–H and O–H groups in total. The molecule has 2 rings (SSSR count). The molecule has 4 nitrogen and oxygen atoms in total. The van der Waals surface area contributed by atoms with E-state index in [1.165, 1.54) is 26.4 Å².